The summed E-state index contributed by atoms with van der Waals surface area (Å²) < 4.78 is 2.08. The molecule has 0 unspecified atom stereocenters. The second-order valence-corrected chi connectivity index (χ2v) is 7.74. The van der Waals surface area contributed by atoms with Crippen LogP contribution < -0.4 is 5.32 Å². The molecule has 3 aromatic rings. The number of nitrogens with zero attached hydrogens (tertiary/aromatic N) is 4. The van der Waals surface area contributed by atoms with E-state index in [0.717, 1.165) is 55.9 Å². The van der Waals surface area contributed by atoms with Gasteiger partial charge in [0.2, 0.25) is 5.91 Å². The number of anilines is 1. The van der Waals surface area contributed by atoms with Gasteiger partial charge in [0.15, 0.2) is 5.65 Å². The second-order valence-electron chi connectivity index (χ2n) is 7.74. The Morgan fingerprint density at radius 1 is 1.03 bits per heavy atom. The molecule has 3 heterocycles. The van der Waals surface area contributed by atoms with Gasteiger partial charge in [0.25, 0.3) is 0 Å². The van der Waals surface area contributed by atoms with Crippen molar-refractivity contribution in [1.29, 1.82) is 0 Å². The fourth-order valence-corrected chi connectivity index (χ4v) is 4.27. The summed E-state index contributed by atoms with van der Waals surface area (Å²) in [4.78, 5) is 15.0. The zero-order valence-corrected chi connectivity index (χ0v) is 17.3. The molecule has 1 saturated heterocycles. The minimum atomic E-state index is 0.0759. The summed E-state index contributed by atoms with van der Waals surface area (Å²) in [5.41, 5.74) is 4.31. The van der Waals surface area contributed by atoms with Crippen LogP contribution >= 0.6 is 0 Å². The third-order valence-corrected chi connectivity index (χ3v) is 5.92. The molecule has 1 amide bonds. The first-order valence-corrected chi connectivity index (χ1v) is 10.6. The first kappa shape index (κ1) is 19.6. The maximum absolute atomic E-state index is 12.7. The maximum atomic E-state index is 12.7. The molecule has 1 aliphatic heterocycles. The zero-order valence-electron chi connectivity index (χ0n) is 17.3. The minimum absolute atomic E-state index is 0.0759. The van der Waals surface area contributed by atoms with Crippen molar-refractivity contribution in [2.75, 3.05) is 25.0 Å². The van der Waals surface area contributed by atoms with Crippen molar-refractivity contribution in [3.05, 3.63) is 59.5 Å². The lowest BCUT2D eigenvalue weighted by atomic mass is 9.96. The molecule has 0 saturated carbocycles. The van der Waals surface area contributed by atoms with Gasteiger partial charge in [-0.1, -0.05) is 38.1 Å². The van der Waals surface area contributed by atoms with E-state index in [1.807, 2.05) is 24.4 Å². The van der Waals surface area contributed by atoms with Gasteiger partial charge in [-0.15, -0.1) is 10.2 Å². The summed E-state index contributed by atoms with van der Waals surface area (Å²) >= 11 is 0. The first-order chi connectivity index (χ1) is 14.2. The van der Waals surface area contributed by atoms with Crippen molar-refractivity contribution in [2.24, 2.45) is 0 Å². The number of hydrogen-bond donors (Lipinski definition) is 1. The molecule has 2 aromatic heterocycles. The van der Waals surface area contributed by atoms with Gasteiger partial charge in [-0.2, -0.15) is 0 Å². The second kappa shape index (κ2) is 8.74. The van der Waals surface area contributed by atoms with Gasteiger partial charge in [-0.05, 0) is 62.0 Å². The van der Waals surface area contributed by atoms with Crippen LogP contribution in [-0.2, 0) is 17.6 Å². The number of carbonyl (C=O) groups is 1. The molecule has 6 nitrogen and oxygen atoms in total. The number of amides is 1. The Labute approximate surface area is 171 Å². The third-order valence-electron chi connectivity index (χ3n) is 5.92. The smallest absolute Gasteiger partial charge is 0.238 e. The van der Waals surface area contributed by atoms with E-state index in [0.29, 0.717) is 12.5 Å². The van der Waals surface area contributed by atoms with E-state index in [4.69, 9.17) is 0 Å². The third kappa shape index (κ3) is 4.17. The Balaban J connectivity index is 1.36. The molecule has 0 bridgehead atoms. The minimum Gasteiger partial charge on any atom is -0.324 e. The summed E-state index contributed by atoms with van der Waals surface area (Å²) in [5.74, 6) is 1.50. The monoisotopic (exact) mass is 391 g/mol. The van der Waals surface area contributed by atoms with E-state index in [2.05, 4.69) is 56.9 Å². The number of rotatable bonds is 6. The highest BCUT2D eigenvalue weighted by atomic mass is 16.2. The molecule has 0 atom stereocenters. The van der Waals surface area contributed by atoms with Crippen molar-refractivity contribution < 1.29 is 4.79 Å². The number of fused-ring (bicyclic) bond motifs is 1. The molecule has 0 spiro atoms. The lowest BCUT2D eigenvalue weighted by Crippen LogP contribution is -2.39. The Bertz CT molecular complexity index is 966. The van der Waals surface area contributed by atoms with Crippen LogP contribution in [0.25, 0.3) is 5.65 Å². The Morgan fingerprint density at radius 2 is 1.76 bits per heavy atom. The summed E-state index contributed by atoms with van der Waals surface area (Å²) in [7, 11) is 0. The van der Waals surface area contributed by atoms with Crippen LogP contribution in [0.5, 0.6) is 0 Å². The van der Waals surface area contributed by atoms with Crippen molar-refractivity contribution in [3.8, 4) is 0 Å². The normalized spacial score (nSPS) is 15.7. The van der Waals surface area contributed by atoms with Gasteiger partial charge in [0, 0.05) is 17.8 Å². The van der Waals surface area contributed by atoms with Gasteiger partial charge in [0.1, 0.15) is 5.82 Å². The number of pyridine rings is 1. The van der Waals surface area contributed by atoms with E-state index in [1.54, 1.807) is 0 Å². The molecule has 1 aliphatic rings. The lowest BCUT2D eigenvalue weighted by Gasteiger charge is -2.30. The van der Waals surface area contributed by atoms with Crippen LogP contribution in [0, 0.1) is 0 Å². The van der Waals surface area contributed by atoms with Crippen LogP contribution in [0.2, 0.25) is 0 Å². The van der Waals surface area contributed by atoms with Crippen molar-refractivity contribution in [2.45, 2.75) is 45.4 Å². The topological polar surface area (TPSA) is 62.5 Å². The lowest BCUT2D eigenvalue weighted by molar-refractivity contribution is -0.117. The fraction of sp³-hybridized carbons (Fsp3) is 0.435. The first-order valence-electron chi connectivity index (χ1n) is 10.6. The summed E-state index contributed by atoms with van der Waals surface area (Å²) in [5, 5.41) is 11.9. The van der Waals surface area contributed by atoms with Crippen molar-refractivity contribution in [1.82, 2.24) is 19.5 Å². The molecule has 1 N–H and O–H groups in total. The largest absolute Gasteiger partial charge is 0.324 e. The number of aryl methyl sites for hydroxylation is 2. The fourth-order valence-electron chi connectivity index (χ4n) is 4.27. The maximum Gasteiger partial charge on any atom is 0.238 e. The number of piperidine rings is 1. The average molecular weight is 392 g/mol. The number of likely N-dealkylation sites (tertiary alicyclic amines) is 1. The SMILES string of the molecule is CCc1cccc(CC)c1NC(=O)CN1CCC(c2nnc3ccccn23)CC1. The molecule has 1 aromatic carbocycles. The molecule has 29 heavy (non-hydrogen) atoms. The van der Waals surface area contributed by atoms with Crippen LogP contribution in [-0.4, -0.2) is 45.0 Å². The highest BCUT2D eigenvalue weighted by molar-refractivity contribution is 5.93. The average Bonchev–Trinajstić information content (AvgIpc) is 3.18. The summed E-state index contributed by atoms with van der Waals surface area (Å²) in [6.45, 7) is 6.49. The Hall–Kier alpha value is -2.73. The number of para-hydroxylation sites is 1. The number of carbonyl (C=O) groups excluding carboxylic acids is 1. The molecular formula is C23H29N5O. The van der Waals surface area contributed by atoms with Gasteiger partial charge in [-0.3, -0.25) is 14.1 Å². The Morgan fingerprint density at radius 3 is 2.45 bits per heavy atom. The van der Waals surface area contributed by atoms with Crippen LogP contribution in [0.3, 0.4) is 0 Å². The number of benzene rings is 1. The zero-order chi connectivity index (χ0) is 20.2. The van der Waals surface area contributed by atoms with Crippen molar-refractivity contribution >= 4 is 17.2 Å². The molecular weight excluding hydrogens is 362 g/mol. The van der Waals surface area contributed by atoms with E-state index >= 15 is 0 Å². The molecule has 1 fully saturated rings. The standard InChI is InChI=1S/C23H29N5O/c1-3-17-8-7-9-18(4-2)22(17)24-21(29)16-27-14-11-19(12-15-27)23-26-25-20-10-5-6-13-28(20)23/h5-10,13,19H,3-4,11-12,14-16H2,1-2H3,(H,24,29). The van der Waals surface area contributed by atoms with E-state index < -0.39 is 0 Å². The quantitative estimate of drug-likeness (QED) is 0.696. The molecule has 4 rings (SSSR count). The van der Waals surface area contributed by atoms with E-state index in [1.165, 1.54) is 11.1 Å². The van der Waals surface area contributed by atoms with Crippen LogP contribution in [0.4, 0.5) is 5.69 Å². The number of hydrogen-bond acceptors (Lipinski definition) is 4. The van der Waals surface area contributed by atoms with Crippen molar-refractivity contribution in [3.63, 3.8) is 0 Å². The van der Waals surface area contributed by atoms with Crippen LogP contribution in [0.1, 0.15) is 49.6 Å². The summed E-state index contributed by atoms with van der Waals surface area (Å²) in [6.07, 6.45) is 5.85. The molecule has 6 heteroatoms. The van der Waals surface area contributed by atoms with Gasteiger partial charge >= 0.3 is 0 Å². The van der Waals surface area contributed by atoms with Gasteiger partial charge < -0.3 is 5.32 Å². The predicted octanol–water partition coefficient (Wildman–Crippen LogP) is 3.67. The highest BCUT2D eigenvalue weighted by Crippen LogP contribution is 2.27. The molecule has 0 radical (unpaired) electrons. The van der Waals surface area contributed by atoms with Gasteiger partial charge in [0.05, 0.1) is 6.54 Å². The highest BCUT2D eigenvalue weighted by Gasteiger charge is 2.25. The van der Waals surface area contributed by atoms with Gasteiger partial charge in [-0.25, -0.2) is 0 Å². The van der Waals surface area contributed by atoms with E-state index in [-0.39, 0.29) is 5.91 Å². The predicted molar refractivity (Wildman–Crippen MR) is 115 cm³/mol. The number of aromatic nitrogens is 3. The molecule has 0 aliphatic carbocycles. The van der Waals surface area contributed by atoms with Crippen LogP contribution in [0.15, 0.2) is 42.6 Å². The van der Waals surface area contributed by atoms with E-state index in [9.17, 15) is 4.79 Å². The Kier molecular flexibility index (Phi) is 5.90. The number of nitrogens with one attached hydrogen (secondary N) is 1. The summed E-state index contributed by atoms with van der Waals surface area (Å²) in [6, 6.07) is 12.3. The molecule has 152 valence electrons.